The van der Waals surface area contributed by atoms with Crippen molar-refractivity contribution >= 4 is 28.0 Å². The monoisotopic (exact) mass is 945 g/mol. The van der Waals surface area contributed by atoms with Crippen LogP contribution in [0.5, 0.6) is 0 Å². The molecule has 0 bridgehead atoms. The van der Waals surface area contributed by atoms with Gasteiger partial charge in [0.1, 0.15) is 52.7 Å². The Hall–Kier alpha value is -4.50. The van der Waals surface area contributed by atoms with Crippen LogP contribution in [0, 0.1) is 127 Å². The Bertz CT molecular complexity index is 2020. The molecule has 0 aromatic heterocycles. The highest BCUT2D eigenvalue weighted by atomic mass is 19.2. The van der Waals surface area contributed by atoms with Crippen LogP contribution in [-0.2, 0) is 0 Å². The molecule has 2 fully saturated rings. The molecule has 0 aliphatic heterocycles. The summed E-state index contributed by atoms with van der Waals surface area (Å²) in [5, 5.41) is 2.71. The van der Waals surface area contributed by atoms with Crippen LogP contribution in [0.15, 0.2) is 0 Å². The third kappa shape index (κ3) is 8.21. The Morgan fingerprint density at radius 2 is 0.469 bits per heavy atom. The number of halogens is 20. The third-order valence-electron chi connectivity index (χ3n) is 13.2. The van der Waals surface area contributed by atoms with E-state index in [0.29, 0.717) is 10.8 Å². The molecule has 2 saturated carbocycles. The minimum absolute atomic E-state index is 0.696. The minimum Gasteiger partial charge on any atom is -0.345 e. The molecule has 64 heavy (non-hydrogen) atoms. The molecule has 2 aliphatic carbocycles. The number of nitrogens with two attached hydrogens (primary N) is 1. The van der Waals surface area contributed by atoms with Crippen molar-refractivity contribution in [3.63, 3.8) is 0 Å². The van der Waals surface area contributed by atoms with Crippen molar-refractivity contribution in [2.75, 3.05) is 13.1 Å². The fraction of sp³-hybridized carbons (Fsp3) is 0.429. The van der Waals surface area contributed by atoms with Gasteiger partial charge in [0, 0.05) is 10.8 Å². The maximum atomic E-state index is 15.4. The summed E-state index contributed by atoms with van der Waals surface area (Å²) in [5.74, 6) is -71.4. The molecule has 0 saturated heterocycles. The molecule has 0 atom stereocenters. The van der Waals surface area contributed by atoms with Gasteiger partial charge in [-0.1, -0.05) is 52.4 Å². The first kappa shape index (κ1) is 50.5. The Morgan fingerprint density at radius 1 is 0.297 bits per heavy atom. The van der Waals surface area contributed by atoms with Crippen LogP contribution >= 0.6 is 0 Å². The molecule has 6 rings (SSSR count). The van der Waals surface area contributed by atoms with Gasteiger partial charge in [0.2, 0.25) is 0 Å². The molecule has 0 heterocycles. The first-order valence-corrected chi connectivity index (χ1v) is 20.0. The quantitative estimate of drug-likeness (QED) is 0.0706. The molecular weight excluding hydrogens is 909 g/mol. The van der Waals surface area contributed by atoms with Gasteiger partial charge in [-0.25, -0.2) is 87.8 Å². The fourth-order valence-corrected chi connectivity index (χ4v) is 9.57. The van der Waals surface area contributed by atoms with Gasteiger partial charge in [0.15, 0.2) is 69.8 Å². The van der Waals surface area contributed by atoms with Gasteiger partial charge in [-0.2, -0.15) is 0 Å². The fourth-order valence-electron chi connectivity index (χ4n) is 9.57. The standard InChI is InChI=1S/C24BF20.C18H35N/c26-5-1(6(27)14(35)21(42)13(5)34)25(2-7(28)15(36)22(43)16(37)8(2)29,3-9(30)17(38)23(44)18(39)10(3)31)4-11(32)19(40)24(45)20(41)12(4)33;1-3-17(11-7-5-8-12-17)15-19-16-18(4-2)13-9-6-10-14-18/h;19H,3-16H2,1-2H3/q-1;/p+1. The molecule has 0 spiro atoms. The minimum atomic E-state index is -7.22. The summed E-state index contributed by atoms with van der Waals surface area (Å²) in [6.45, 7) is 7.67. The van der Waals surface area contributed by atoms with Crippen molar-refractivity contribution in [1.29, 1.82) is 0 Å². The summed E-state index contributed by atoms with van der Waals surface area (Å²) in [6, 6.07) is 0. The molecule has 22 heteroatoms. The Morgan fingerprint density at radius 3 is 0.641 bits per heavy atom. The van der Waals surface area contributed by atoms with E-state index in [0.717, 1.165) is 0 Å². The Labute approximate surface area is 352 Å². The molecule has 1 nitrogen and oxygen atoms in total. The van der Waals surface area contributed by atoms with Crippen LogP contribution in [-0.4, -0.2) is 19.2 Å². The summed E-state index contributed by atoms with van der Waals surface area (Å²) in [4.78, 5) is 0. The summed E-state index contributed by atoms with van der Waals surface area (Å²) < 4.78 is 294. The highest BCUT2D eigenvalue weighted by Gasteiger charge is 2.52. The average molecular weight is 946 g/mol. The maximum Gasteiger partial charge on any atom is 0.200 e. The average Bonchev–Trinajstić information content (AvgIpc) is 3.29. The second kappa shape index (κ2) is 19.2. The molecule has 0 radical (unpaired) electrons. The van der Waals surface area contributed by atoms with Crippen molar-refractivity contribution in [1.82, 2.24) is 0 Å². The Kier molecular flexibility index (Phi) is 15.1. The molecule has 352 valence electrons. The van der Waals surface area contributed by atoms with E-state index in [1.54, 1.807) is 0 Å². The molecule has 0 amide bonds. The van der Waals surface area contributed by atoms with Crippen molar-refractivity contribution in [2.45, 2.75) is 90.9 Å². The predicted octanol–water partition coefficient (Wildman–Crippen LogP) is 10.1. The van der Waals surface area contributed by atoms with Crippen molar-refractivity contribution in [2.24, 2.45) is 10.8 Å². The topological polar surface area (TPSA) is 16.6 Å². The predicted molar refractivity (Wildman–Crippen MR) is 192 cm³/mol. The van der Waals surface area contributed by atoms with Crippen LogP contribution in [0.4, 0.5) is 87.8 Å². The Balaban J connectivity index is 0.000000337. The number of quaternary nitrogens is 1. The van der Waals surface area contributed by atoms with Crippen LogP contribution < -0.4 is 27.2 Å². The maximum absolute atomic E-state index is 15.4. The number of rotatable bonds is 10. The largest absolute Gasteiger partial charge is 0.345 e. The lowest BCUT2D eigenvalue weighted by molar-refractivity contribution is -0.679. The second-order valence-corrected chi connectivity index (χ2v) is 16.3. The number of benzene rings is 4. The van der Waals surface area contributed by atoms with E-state index in [9.17, 15) is 52.7 Å². The number of hydrogen-bond donors (Lipinski definition) is 1. The summed E-state index contributed by atoms with van der Waals surface area (Å²) >= 11 is 0. The summed E-state index contributed by atoms with van der Waals surface area (Å²) in [7, 11) is 0. The van der Waals surface area contributed by atoms with Gasteiger partial charge in [-0.05, 0) is 38.5 Å². The van der Waals surface area contributed by atoms with Crippen LogP contribution in [0.2, 0.25) is 0 Å². The van der Waals surface area contributed by atoms with Crippen molar-refractivity contribution in [3.05, 3.63) is 116 Å². The van der Waals surface area contributed by atoms with Crippen molar-refractivity contribution < 1.29 is 93.1 Å². The van der Waals surface area contributed by atoms with E-state index in [1.165, 1.54) is 90.1 Å². The van der Waals surface area contributed by atoms with Gasteiger partial charge in [0.25, 0.3) is 0 Å². The van der Waals surface area contributed by atoms with E-state index in [-0.39, 0.29) is 0 Å². The van der Waals surface area contributed by atoms with Crippen LogP contribution in [0.25, 0.3) is 0 Å². The van der Waals surface area contributed by atoms with E-state index in [1.807, 2.05) is 0 Å². The van der Waals surface area contributed by atoms with Gasteiger partial charge in [0.05, 0.1) is 13.1 Å². The van der Waals surface area contributed by atoms with Crippen LogP contribution in [0.1, 0.15) is 90.9 Å². The van der Waals surface area contributed by atoms with E-state index >= 15 is 35.1 Å². The number of hydrogen-bond acceptors (Lipinski definition) is 0. The SMILES string of the molecule is CCC1(C[NH2+]CC2(CC)CCCCC2)CCCCC1.Fc1c(F)c(F)c([B-](c2c(F)c(F)c(F)c(F)c2F)(c2c(F)c(F)c(F)c(F)c2F)c2c(F)c(F)c(F)c(F)c2F)c(F)c1F. The smallest absolute Gasteiger partial charge is 0.200 e. The molecule has 0 unspecified atom stereocenters. The highest BCUT2D eigenvalue weighted by molar-refractivity contribution is 7.20. The lowest BCUT2D eigenvalue weighted by atomic mass is 9.12. The lowest BCUT2D eigenvalue weighted by Crippen LogP contribution is -2.89. The zero-order valence-electron chi connectivity index (χ0n) is 33.6. The summed E-state index contributed by atoms with van der Waals surface area (Å²) in [6.07, 6.45) is 10.5. The first-order valence-electron chi connectivity index (χ1n) is 20.0. The molecular formula is C42H36BF20N. The zero-order valence-corrected chi connectivity index (χ0v) is 33.6. The molecule has 4 aromatic rings. The van der Waals surface area contributed by atoms with Gasteiger partial charge < -0.3 is 5.32 Å². The molecule has 4 aromatic carbocycles. The normalized spacial score (nSPS) is 16.2. The van der Waals surface area contributed by atoms with Gasteiger partial charge >= 0.3 is 0 Å². The zero-order chi connectivity index (χ0) is 48.0. The third-order valence-corrected chi connectivity index (χ3v) is 13.2. The van der Waals surface area contributed by atoms with Crippen molar-refractivity contribution in [3.8, 4) is 0 Å². The van der Waals surface area contributed by atoms with Gasteiger partial charge in [-0.15, -0.1) is 21.9 Å². The van der Waals surface area contributed by atoms with E-state index in [4.69, 9.17) is 0 Å². The first-order chi connectivity index (χ1) is 29.9. The van der Waals surface area contributed by atoms with E-state index < -0.39 is 144 Å². The molecule has 2 N–H and O–H groups in total. The lowest BCUT2D eigenvalue weighted by Gasteiger charge is -2.44. The molecule has 2 aliphatic rings. The highest BCUT2D eigenvalue weighted by Crippen LogP contribution is 2.40. The summed E-state index contributed by atoms with van der Waals surface area (Å²) in [5.41, 5.74) is -12.9. The second-order valence-electron chi connectivity index (χ2n) is 16.3. The van der Waals surface area contributed by atoms with Gasteiger partial charge in [-0.3, -0.25) is 0 Å². The van der Waals surface area contributed by atoms with E-state index in [2.05, 4.69) is 19.2 Å². The van der Waals surface area contributed by atoms with Crippen LogP contribution in [0.3, 0.4) is 0 Å².